The number of aliphatic imine (C=N–C) groups is 1. The van der Waals surface area contributed by atoms with Gasteiger partial charge in [-0.2, -0.15) is 11.8 Å². The van der Waals surface area contributed by atoms with Gasteiger partial charge in [0.05, 0.1) is 6.54 Å². The molecule has 2 aromatic rings. The Morgan fingerprint density at radius 2 is 1.67 bits per heavy atom. The summed E-state index contributed by atoms with van der Waals surface area (Å²) >= 11 is 2.04. The zero-order chi connectivity index (χ0) is 18.0. The van der Waals surface area contributed by atoms with Crippen molar-refractivity contribution in [2.75, 3.05) is 36.0 Å². The van der Waals surface area contributed by atoms with E-state index < -0.39 is 0 Å². The third-order valence-electron chi connectivity index (χ3n) is 4.38. The van der Waals surface area contributed by atoms with E-state index in [2.05, 4.69) is 63.8 Å². The highest BCUT2D eigenvalue weighted by Gasteiger charge is 2.10. The van der Waals surface area contributed by atoms with Crippen LogP contribution in [0.3, 0.4) is 0 Å². The summed E-state index contributed by atoms with van der Waals surface area (Å²) in [6, 6.07) is 19.2. The molecule has 0 aliphatic carbocycles. The molecule has 2 N–H and O–H groups in total. The predicted octanol–water partition coefficient (Wildman–Crippen LogP) is 4.11. The highest BCUT2D eigenvalue weighted by molar-refractivity contribution is 14.0. The van der Waals surface area contributed by atoms with Crippen LogP contribution < -0.4 is 15.5 Å². The minimum absolute atomic E-state index is 0. The standard InChI is InChI=1S/C21H28N4S.HI/c1-2-22-21(23-16-18-6-4-3-5-7-18)24-17-19-8-10-20(11-9-19)25-12-14-26-15-13-25;/h3-11H,2,12-17H2,1H3,(H2,22,23,24);1H. The summed E-state index contributed by atoms with van der Waals surface area (Å²) in [7, 11) is 0. The molecule has 4 nitrogen and oxygen atoms in total. The molecule has 0 aromatic heterocycles. The molecule has 1 aliphatic heterocycles. The number of rotatable bonds is 6. The van der Waals surface area contributed by atoms with Gasteiger partial charge < -0.3 is 15.5 Å². The minimum Gasteiger partial charge on any atom is -0.370 e. The van der Waals surface area contributed by atoms with Crippen LogP contribution >= 0.6 is 35.7 Å². The van der Waals surface area contributed by atoms with Crippen LogP contribution in [0.25, 0.3) is 0 Å². The van der Waals surface area contributed by atoms with E-state index in [0.717, 1.165) is 32.1 Å². The lowest BCUT2D eigenvalue weighted by Crippen LogP contribution is -2.36. The lowest BCUT2D eigenvalue weighted by molar-refractivity contribution is 0.815. The topological polar surface area (TPSA) is 39.7 Å². The van der Waals surface area contributed by atoms with Crippen LogP contribution in [0.15, 0.2) is 59.6 Å². The van der Waals surface area contributed by atoms with Gasteiger partial charge in [-0.05, 0) is 30.2 Å². The second kappa shape index (κ2) is 12.1. The number of halogens is 1. The maximum absolute atomic E-state index is 4.67. The van der Waals surface area contributed by atoms with E-state index >= 15 is 0 Å². The van der Waals surface area contributed by atoms with Gasteiger partial charge in [-0.25, -0.2) is 4.99 Å². The Hall–Kier alpha value is -1.41. The lowest BCUT2D eigenvalue weighted by Gasteiger charge is -2.28. The molecule has 0 bridgehead atoms. The number of nitrogens with one attached hydrogen (secondary N) is 2. The van der Waals surface area contributed by atoms with Crippen LogP contribution in [0.2, 0.25) is 0 Å². The van der Waals surface area contributed by atoms with E-state index in [1.165, 1.54) is 28.3 Å². The van der Waals surface area contributed by atoms with Crippen LogP contribution in [0.1, 0.15) is 18.1 Å². The average molecular weight is 496 g/mol. The average Bonchev–Trinajstić information content (AvgIpc) is 2.72. The molecule has 1 aliphatic rings. The molecular formula is C21H29IN4S. The quantitative estimate of drug-likeness (QED) is 0.359. The van der Waals surface area contributed by atoms with Crippen LogP contribution in [0.5, 0.6) is 0 Å². The SMILES string of the molecule is CCNC(=NCc1ccccc1)NCc1ccc(N2CCSCC2)cc1.I. The van der Waals surface area contributed by atoms with Crippen molar-refractivity contribution in [1.29, 1.82) is 0 Å². The van der Waals surface area contributed by atoms with Gasteiger partial charge in [-0.15, -0.1) is 24.0 Å². The van der Waals surface area contributed by atoms with Gasteiger partial charge >= 0.3 is 0 Å². The molecule has 1 saturated heterocycles. The first-order valence-electron chi connectivity index (χ1n) is 9.33. The van der Waals surface area contributed by atoms with E-state index in [0.29, 0.717) is 6.54 Å². The predicted molar refractivity (Wildman–Crippen MR) is 129 cm³/mol. The van der Waals surface area contributed by atoms with Crippen molar-refractivity contribution in [3.8, 4) is 0 Å². The van der Waals surface area contributed by atoms with Crippen molar-refractivity contribution in [3.63, 3.8) is 0 Å². The first-order valence-corrected chi connectivity index (χ1v) is 10.5. The molecule has 6 heteroatoms. The summed E-state index contributed by atoms with van der Waals surface area (Å²) in [5.74, 6) is 3.31. The second-order valence-electron chi connectivity index (χ2n) is 6.30. The van der Waals surface area contributed by atoms with E-state index in [-0.39, 0.29) is 24.0 Å². The van der Waals surface area contributed by atoms with Gasteiger partial charge in [-0.1, -0.05) is 42.5 Å². The highest BCUT2D eigenvalue weighted by atomic mass is 127. The third kappa shape index (κ3) is 7.25. The van der Waals surface area contributed by atoms with Crippen molar-refractivity contribution in [2.45, 2.75) is 20.0 Å². The van der Waals surface area contributed by atoms with Gasteiger partial charge in [-0.3, -0.25) is 0 Å². The smallest absolute Gasteiger partial charge is 0.191 e. The van der Waals surface area contributed by atoms with Crippen molar-refractivity contribution in [1.82, 2.24) is 10.6 Å². The summed E-state index contributed by atoms with van der Waals surface area (Å²) in [4.78, 5) is 7.14. The Morgan fingerprint density at radius 1 is 0.963 bits per heavy atom. The van der Waals surface area contributed by atoms with Crippen molar-refractivity contribution in [3.05, 3.63) is 65.7 Å². The molecule has 0 amide bonds. The molecule has 1 fully saturated rings. The number of guanidine groups is 1. The van der Waals surface area contributed by atoms with Crippen molar-refractivity contribution < 1.29 is 0 Å². The summed E-state index contributed by atoms with van der Waals surface area (Å²) < 4.78 is 0. The fraction of sp³-hybridized carbons (Fsp3) is 0.381. The zero-order valence-electron chi connectivity index (χ0n) is 15.9. The molecule has 146 valence electrons. The Labute approximate surface area is 184 Å². The van der Waals surface area contributed by atoms with Crippen LogP contribution in [-0.4, -0.2) is 37.1 Å². The van der Waals surface area contributed by atoms with Gasteiger partial charge in [0.2, 0.25) is 0 Å². The van der Waals surface area contributed by atoms with Gasteiger partial charge in [0.15, 0.2) is 5.96 Å². The molecule has 0 unspecified atom stereocenters. The van der Waals surface area contributed by atoms with Gasteiger partial charge in [0, 0.05) is 43.4 Å². The monoisotopic (exact) mass is 496 g/mol. The fourth-order valence-corrected chi connectivity index (χ4v) is 3.83. The normalized spacial score (nSPS) is 14.4. The number of nitrogens with zero attached hydrogens (tertiary/aromatic N) is 2. The van der Waals surface area contributed by atoms with E-state index in [9.17, 15) is 0 Å². The van der Waals surface area contributed by atoms with E-state index in [1.54, 1.807) is 0 Å². The van der Waals surface area contributed by atoms with E-state index in [1.807, 2.05) is 30.0 Å². The van der Waals surface area contributed by atoms with Gasteiger partial charge in [0.1, 0.15) is 0 Å². The highest BCUT2D eigenvalue weighted by Crippen LogP contribution is 2.19. The molecule has 27 heavy (non-hydrogen) atoms. The molecule has 0 saturated carbocycles. The zero-order valence-corrected chi connectivity index (χ0v) is 19.0. The first-order chi connectivity index (χ1) is 12.8. The molecule has 0 atom stereocenters. The Kier molecular flexibility index (Phi) is 9.83. The summed E-state index contributed by atoms with van der Waals surface area (Å²) in [5, 5.41) is 6.74. The van der Waals surface area contributed by atoms with Crippen molar-refractivity contribution >= 4 is 47.4 Å². The minimum atomic E-state index is 0. The molecule has 0 spiro atoms. The maximum atomic E-state index is 4.67. The summed E-state index contributed by atoms with van der Waals surface area (Å²) in [6.45, 7) is 6.70. The third-order valence-corrected chi connectivity index (χ3v) is 5.32. The number of anilines is 1. The molecule has 3 rings (SSSR count). The Bertz CT molecular complexity index is 685. The molecular weight excluding hydrogens is 467 g/mol. The number of hydrogen-bond donors (Lipinski definition) is 2. The number of hydrogen-bond acceptors (Lipinski definition) is 3. The molecule has 0 radical (unpaired) electrons. The Balaban J connectivity index is 0.00000261. The Morgan fingerprint density at radius 3 is 2.33 bits per heavy atom. The van der Waals surface area contributed by atoms with E-state index in [4.69, 9.17) is 0 Å². The maximum Gasteiger partial charge on any atom is 0.191 e. The van der Waals surface area contributed by atoms with Crippen LogP contribution in [-0.2, 0) is 13.1 Å². The second-order valence-corrected chi connectivity index (χ2v) is 7.52. The number of benzene rings is 2. The lowest BCUT2D eigenvalue weighted by atomic mass is 10.2. The molecule has 2 aromatic carbocycles. The fourth-order valence-electron chi connectivity index (χ4n) is 2.93. The van der Waals surface area contributed by atoms with Crippen molar-refractivity contribution in [2.24, 2.45) is 4.99 Å². The summed E-state index contributed by atoms with van der Waals surface area (Å²) in [5.41, 5.74) is 3.82. The molecule has 1 heterocycles. The largest absolute Gasteiger partial charge is 0.370 e. The number of thioether (sulfide) groups is 1. The summed E-state index contributed by atoms with van der Waals surface area (Å²) in [6.07, 6.45) is 0. The van der Waals surface area contributed by atoms with Gasteiger partial charge in [0.25, 0.3) is 0 Å². The first kappa shape index (κ1) is 21.9. The van der Waals surface area contributed by atoms with Crippen LogP contribution in [0, 0.1) is 0 Å². The van der Waals surface area contributed by atoms with Crippen LogP contribution in [0.4, 0.5) is 5.69 Å².